The molecule has 0 aliphatic carbocycles. The van der Waals surface area contributed by atoms with Crippen LogP contribution in [0.15, 0.2) is 24.3 Å². The molecule has 0 radical (unpaired) electrons. The molecule has 2 rings (SSSR count). The molecule has 0 bridgehead atoms. The molecule has 2 heteroatoms. The predicted octanol–water partition coefficient (Wildman–Crippen LogP) is 4.25. The first kappa shape index (κ1) is 15.5. The summed E-state index contributed by atoms with van der Waals surface area (Å²) in [5, 5.41) is 3.75. The van der Waals surface area contributed by atoms with Crippen LogP contribution < -0.4 is 5.32 Å². The van der Waals surface area contributed by atoms with E-state index in [4.69, 9.17) is 4.74 Å². The van der Waals surface area contributed by atoms with Crippen LogP contribution in [0.1, 0.15) is 65.1 Å². The Morgan fingerprint density at radius 2 is 1.80 bits per heavy atom. The highest BCUT2D eigenvalue weighted by Gasteiger charge is 2.46. The molecule has 112 valence electrons. The maximum atomic E-state index is 6.16. The lowest BCUT2D eigenvalue weighted by atomic mass is 9.93. The van der Waals surface area contributed by atoms with Gasteiger partial charge in [-0.15, -0.1) is 0 Å². The van der Waals surface area contributed by atoms with E-state index in [0.717, 1.165) is 12.8 Å². The second kappa shape index (κ2) is 5.50. The number of aryl methyl sites for hydroxylation is 1. The Balaban J connectivity index is 2.05. The van der Waals surface area contributed by atoms with Gasteiger partial charge in [-0.05, 0) is 58.6 Å². The highest BCUT2D eigenvalue weighted by atomic mass is 16.5. The van der Waals surface area contributed by atoms with Crippen LogP contribution in [0.2, 0.25) is 0 Å². The Morgan fingerprint density at radius 3 is 2.25 bits per heavy atom. The minimum Gasteiger partial charge on any atom is -0.368 e. The lowest BCUT2D eigenvalue weighted by Gasteiger charge is -2.30. The first-order chi connectivity index (χ1) is 9.23. The van der Waals surface area contributed by atoms with E-state index in [1.165, 1.54) is 11.1 Å². The molecule has 2 unspecified atom stereocenters. The fraction of sp³-hybridized carbons (Fsp3) is 0.667. The van der Waals surface area contributed by atoms with Gasteiger partial charge in [-0.3, -0.25) is 0 Å². The molecule has 2 atom stereocenters. The van der Waals surface area contributed by atoms with E-state index in [9.17, 15) is 0 Å². The quantitative estimate of drug-likeness (QED) is 0.887. The number of rotatable bonds is 4. The number of hydrogen-bond acceptors (Lipinski definition) is 2. The van der Waals surface area contributed by atoms with Crippen LogP contribution >= 0.6 is 0 Å². The number of ether oxygens (including phenoxy) is 1. The molecule has 1 heterocycles. The SMILES string of the molecule is CCc1ccc(C(C)NC2CC(C)(C)OC2(C)C)cc1. The second-order valence-electron chi connectivity index (χ2n) is 7.21. The summed E-state index contributed by atoms with van der Waals surface area (Å²) in [6.07, 6.45) is 2.15. The second-order valence-corrected chi connectivity index (χ2v) is 7.21. The summed E-state index contributed by atoms with van der Waals surface area (Å²) in [5.74, 6) is 0. The zero-order chi connectivity index (χ0) is 15.0. The van der Waals surface area contributed by atoms with E-state index < -0.39 is 0 Å². The van der Waals surface area contributed by atoms with Crippen LogP contribution in [0.3, 0.4) is 0 Å². The van der Waals surface area contributed by atoms with Gasteiger partial charge in [0.15, 0.2) is 0 Å². The summed E-state index contributed by atoms with van der Waals surface area (Å²) in [7, 11) is 0. The molecule has 2 nitrogen and oxygen atoms in total. The fourth-order valence-electron chi connectivity index (χ4n) is 3.26. The van der Waals surface area contributed by atoms with Crippen LogP contribution in [-0.2, 0) is 11.2 Å². The van der Waals surface area contributed by atoms with Crippen molar-refractivity contribution in [3.8, 4) is 0 Å². The lowest BCUT2D eigenvalue weighted by Crippen LogP contribution is -2.44. The van der Waals surface area contributed by atoms with Crippen LogP contribution in [0.5, 0.6) is 0 Å². The summed E-state index contributed by atoms with van der Waals surface area (Å²) in [6, 6.07) is 9.68. The van der Waals surface area contributed by atoms with Crippen molar-refractivity contribution in [2.24, 2.45) is 0 Å². The Hall–Kier alpha value is -0.860. The van der Waals surface area contributed by atoms with E-state index in [1.807, 2.05) is 0 Å². The molecule has 0 amide bonds. The molecule has 1 aromatic rings. The van der Waals surface area contributed by atoms with Crippen molar-refractivity contribution in [3.63, 3.8) is 0 Å². The summed E-state index contributed by atoms with van der Waals surface area (Å²) >= 11 is 0. The fourth-order valence-corrected chi connectivity index (χ4v) is 3.26. The van der Waals surface area contributed by atoms with Gasteiger partial charge in [-0.25, -0.2) is 0 Å². The van der Waals surface area contributed by atoms with Crippen molar-refractivity contribution >= 4 is 0 Å². The Kier molecular flexibility index (Phi) is 4.27. The smallest absolute Gasteiger partial charge is 0.0787 e. The van der Waals surface area contributed by atoms with Gasteiger partial charge < -0.3 is 10.1 Å². The van der Waals surface area contributed by atoms with Gasteiger partial charge in [0.2, 0.25) is 0 Å². The van der Waals surface area contributed by atoms with Crippen LogP contribution in [0.4, 0.5) is 0 Å². The van der Waals surface area contributed by atoms with E-state index in [0.29, 0.717) is 12.1 Å². The molecule has 0 spiro atoms. The van der Waals surface area contributed by atoms with E-state index in [2.05, 4.69) is 71.1 Å². The summed E-state index contributed by atoms with van der Waals surface area (Å²) in [6.45, 7) is 13.2. The molecule has 0 aromatic heterocycles. The van der Waals surface area contributed by atoms with Crippen molar-refractivity contribution in [1.29, 1.82) is 0 Å². The number of benzene rings is 1. The number of hydrogen-bond donors (Lipinski definition) is 1. The third-order valence-corrected chi connectivity index (χ3v) is 4.41. The molecule has 0 saturated carbocycles. The minimum atomic E-state index is -0.110. The molecule has 1 aliphatic rings. The Bertz CT molecular complexity index is 447. The first-order valence-electron chi connectivity index (χ1n) is 7.78. The molecular formula is C18H29NO. The van der Waals surface area contributed by atoms with Gasteiger partial charge in [-0.2, -0.15) is 0 Å². The monoisotopic (exact) mass is 275 g/mol. The third-order valence-electron chi connectivity index (χ3n) is 4.41. The predicted molar refractivity (Wildman–Crippen MR) is 85.0 cm³/mol. The lowest BCUT2D eigenvalue weighted by molar-refractivity contribution is -0.0703. The standard InChI is InChI=1S/C18H29NO/c1-7-14-8-10-15(11-9-14)13(2)19-16-12-17(3,4)20-18(16,5)6/h8-11,13,16,19H,7,12H2,1-6H3. The van der Waals surface area contributed by atoms with Gasteiger partial charge >= 0.3 is 0 Å². The van der Waals surface area contributed by atoms with E-state index in [1.54, 1.807) is 0 Å². The molecule has 20 heavy (non-hydrogen) atoms. The van der Waals surface area contributed by atoms with Gasteiger partial charge in [0, 0.05) is 12.1 Å². The minimum absolute atomic E-state index is 0.0348. The third kappa shape index (κ3) is 3.42. The van der Waals surface area contributed by atoms with E-state index >= 15 is 0 Å². The average molecular weight is 275 g/mol. The molecule has 1 fully saturated rings. The van der Waals surface area contributed by atoms with Crippen LogP contribution in [-0.4, -0.2) is 17.2 Å². The maximum Gasteiger partial charge on any atom is 0.0787 e. The summed E-state index contributed by atoms with van der Waals surface area (Å²) < 4.78 is 6.16. The summed E-state index contributed by atoms with van der Waals surface area (Å²) in [4.78, 5) is 0. The van der Waals surface area contributed by atoms with Crippen LogP contribution in [0, 0.1) is 0 Å². The van der Waals surface area contributed by atoms with Crippen molar-refractivity contribution in [2.75, 3.05) is 0 Å². The molecule has 1 saturated heterocycles. The molecule has 1 N–H and O–H groups in total. The molecular weight excluding hydrogens is 246 g/mol. The van der Waals surface area contributed by atoms with Gasteiger partial charge in [0.1, 0.15) is 0 Å². The maximum absolute atomic E-state index is 6.16. The van der Waals surface area contributed by atoms with Gasteiger partial charge in [0.05, 0.1) is 11.2 Å². The first-order valence-corrected chi connectivity index (χ1v) is 7.78. The zero-order valence-corrected chi connectivity index (χ0v) is 13.8. The average Bonchev–Trinajstić information content (AvgIpc) is 2.57. The number of nitrogens with one attached hydrogen (secondary N) is 1. The van der Waals surface area contributed by atoms with Crippen molar-refractivity contribution < 1.29 is 4.74 Å². The van der Waals surface area contributed by atoms with Crippen molar-refractivity contribution in [2.45, 2.75) is 77.7 Å². The zero-order valence-electron chi connectivity index (χ0n) is 13.8. The van der Waals surface area contributed by atoms with Crippen LogP contribution in [0.25, 0.3) is 0 Å². The highest BCUT2D eigenvalue weighted by Crippen LogP contribution is 2.38. The normalized spacial score (nSPS) is 25.6. The van der Waals surface area contributed by atoms with Gasteiger partial charge in [-0.1, -0.05) is 31.2 Å². The molecule has 1 aliphatic heterocycles. The summed E-state index contributed by atoms with van der Waals surface area (Å²) in [5.41, 5.74) is 2.60. The van der Waals surface area contributed by atoms with Crippen molar-refractivity contribution in [3.05, 3.63) is 35.4 Å². The Labute approximate surface area is 123 Å². The Morgan fingerprint density at radius 1 is 1.20 bits per heavy atom. The largest absolute Gasteiger partial charge is 0.368 e. The van der Waals surface area contributed by atoms with E-state index in [-0.39, 0.29) is 11.2 Å². The van der Waals surface area contributed by atoms with Crippen molar-refractivity contribution in [1.82, 2.24) is 5.32 Å². The highest BCUT2D eigenvalue weighted by molar-refractivity contribution is 5.25. The molecule has 1 aromatic carbocycles. The topological polar surface area (TPSA) is 21.3 Å². The van der Waals surface area contributed by atoms with Gasteiger partial charge in [0.25, 0.3) is 0 Å².